The van der Waals surface area contributed by atoms with Crippen molar-refractivity contribution in [2.24, 2.45) is 5.92 Å². The van der Waals surface area contributed by atoms with Crippen molar-refractivity contribution in [2.75, 3.05) is 0 Å². The zero-order valence-corrected chi connectivity index (χ0v) is 15.6. The van der Waals surface area contributed by atoms with Crippen LogP contribution in [-0.2, 0) is 11.3 Å². The molecule has 3 aromatic rings. The van der Waals surface area contributed by atoms with Gasteiger partial charge >= 0.3 is 5.76 Å². The van der Waals surface area contributed by atoms with Gasteiger partial charge in [-0.15, -0.1) is 0 Å². The second kappa shape index (κ2) is 8.08. The molecule has 1 heterocycles. The quantitative estimate of drug-likeness (QED) is 0.497. The number of amides is 1. The molecule has 0 saturated carbocycles. The largest absolute Gasteiger partial charge is 0.420 e. The molecule has 0 spiro atoms. The van der Waals surface area contributed by atoms with Crippen LogP contribution in [0.25, 0.3) is 11.1 Å². The van der Waals surface area contributed by atoms with Crippen LogP contribution in [0.5, 0.6) is 0 Å². The SMILES string of the molecule is CC(C)CC(NC(=O)Cn1c(=O)oc2cc([N+](=O)[O-])ccc21)c1ccccc1. The van der Waals surface area contributed by atoms with Gasteiger partial charge in [0, 0.05) is 6.07 Å². The van der Waals surface area contributed by atoms with E-state index in [0.717, 1.165) is 12.0 Å². The number of nitro groups is 1. The Morgan fingerprint density at radius 2 is 1.93 bits per heavy atom. The fourth-order valence-corrected chi connectivity index (χ4v) is 3.14. The van der Waals surface area contributed by atoms with Gasteiger partial charge in [-0.3, -0.25) is 19.5 Å². The second-order valence-corrected chi connectivity index (χ2v) is 7.02. The summed E-state index contributed by atoms with van der Waals surface area (Å²) in [5, 5.41) is 13.8. The number of aromatic nitrogens is 1. The Hall–Kier alpha value is -3.42. The van der Waals surface area contributed by atoms with Crippen molar-refractivity contribution in [3.05, 3.63) is 74.8 Å². The highest BCUT2D eigenvalue weighted by atomic mass is 16.6. The molecule has 8 heteroatoms. The zero-order valence-electron chi connectivity index (χ0n) is 15.6. The molecule has 8 nitrogen and oxygen atoms in total. The molecule has 0 bridgehead atoms. The Bertz CT molecular complexity index is 1050. The summed E-state index contributed by atoms with van der Waals surface area (Å²) in [4.78, 5) is 35.1. The number of non-ortho nitro benzene ring substituents is 1. The minimum atomic E-state index is -0.731. The Balaban J connectivity index is 1.82. The van der Waals surface area contributed by atoms with E-state index in [4.69, 9.17) is 4.42 Å². The monoisotopic (exact) mass is 383 g/mol. The molecule has 1 atom stereocenters. The third-order valence-electron chi connectivity index (χ3n) is 4.41. The van der Waals surface area contributed by atoms with Crippen molar-refractivity contribution in [1.29, 1.82) is 0 Å². The first kappa shape index (κ1) is 19.3. The van der Waals surface area contributed by atoms with Gasteiger partial charge in [-0.2, -0.15) is 0 Å². The topological polar surface area (TPSA) is 107 Å². The van der Waals surface area contributed by atoms with Gasteiger partial charge in [0.25, 0.3) is 5.69 Å². The number of oxazole rings is 1. The van der Waals surface area contributed by atoms with Gasteiger partial charge in [0.05, 0.1) is 22.5 Å². The van der Waals surface area contributed by atoms with Crippen LogP contribution in [0.2, 0.25) is 0 Å². The summed E-state index contributed by atoms with van der Waals surface area (Å²) in [6.07, 6.45) is 0.753. The average molecular weight is 383 g/mol. The van der Waals surface area contributed by atoms with Crippen molar-refractivity contribution in [2.45, 2.75) is 32.9 Å². The van der Waals surface area contributed by atoms with Crippen LogP contribution in [0.1, 0.15) is 31.9 Å². The maximum Gasteiger partial charge on any atom is 0.420 e. The number of nitrogens with one attached hydrogen (secondary N) is 1. The van der Waals surface area contributed by atoms with Crippen molar-refractivity contribution in [3.8, 4) is 0 Å². The van der Waals surface area contributed by atoms with Crippen molar-refractivity contribution in [1.82, 2.24) is 9.88 Å². The molecule has 0 fully saturated rings. The first-order chi connectivity index (χ1) is 13.3. The third kappa shape index (κ3) is 4.28. The maximum absolute atomic E-state index is 12.6. The van der Waals surface area contributed by atoms with E-state index in [9.17, 15) is 19.7 Å². The van der Waals surface area contributed by atoms with Crippen LogP contribution >= 0.6 is 0 Å². The molecule has 0 radical (unpaired) electrons. The van der Waals surface area contributed by atoms with Crippen molar-refractivity contribution >= 4 is 22.7 Å². The Morgan fingerprint density at radius 1 is 1.21 bits per heavy atom. The fourth-order valence-electron chi connectivity index (χ4n) is 3.14. The van der Waals surface area contributed by atoms with E-state index in [1.807, 2.05) is 30.3 Å². The predicted octanol–water partition coefficient (Wildman–Crippen LogP) is 3.41. The number of fused-ring (bicyclic) bond motifs is 1. The third-order valence-corrected chi connectivity index (χ3v) is 4.41. The molecule has 0 saturated heterocycles. The molecule has 3 rings (SSSR count). The Labute approximate surface area is 160 Å². The zero-order chi connectivity index (χ0) is 20.3. The molecule has 2 aromatic carbocycles. The molecule has 0 aliphatic heterocycles. The highest BCUT2D eigenvalue weighted by molar-refractivity contribution is 5.80. The van der Waals surface area contributed by atoms with E-state index < -0.39 is 10.7 Å². The van der Waals surface area contributed by atoms with Gasteiger partial charge in [0.15, 0.2) is 5.58 Å². The first-order valence-corrected chi connectivity index (χ1v) is 8.97. The number of nitrogens with zero attached hydrogens (tertiary/aromatic N) is 2. The Morgan fingerprint density at radius 3 is 2.57 bits per heavy atom. The van der Waals surface area contributed by atoms with Crippen LogP contribution < -0.4 is 11.1 Å². The summed E-state index contributed by atoms with van der Waals surface area (Å²) in [5.41, 5.74) is 1.23. The summed E-state index contributed by atoms with van der Waals surface area (Å²) >= 11 is 0. The summed E-state index contributed by atoms with van der Waals surface area (Å²) in [6.45, 7) is 3.91. The number of nitro benzene ring substituents is 1. The predicted molar refractivity (Wildman–Crippen MR) is 104 cm³/mol. The molecule has 1 aromatic heterocycles. The number of benzene rings is 2. The molecule has 28 heavy (non-hydrogen) atoms. The van der Waals surface area contributed by atoms with Gasteiger partial charge in [0.1, 0.15) is 6.54 Å². The summed E-state index contributed by atoms with van der Waals surface area (Å²) in [6, 6.07) is 13.3. The van der Waals surface area contributed by atoms with E-state index >= 15 is 0 Å². The fraction of sp³-hybridized carbons (Fsp3) is 0.300. The molecule has 146 valence electrons. The number of rotatable bonds is 7. The van der Waals surface area contributed by atoms with Crippen LogP contribution in [0.15, 0.2) is 57.7 Å². The maximum atomic E-state index is 12.6. The second-order valence-electron chi connectivity index (χ2n) is 7.02. The average Bonchev–Trinajstić information content (AvgIpc) is 2.96. The molecular formula is C20H21N3O5. The van der Waals surface area contributed by atoms with E-state index in [1.54, 1.807) is 0 Å². The minimum Gasteiger partial charge on any atom is -0.407 e. The first-order valence-electron chi connectivity index (χ1n) is 8.97. The van der Waals surface area contributed by atoms with Gasteiger partial charge in [-0.1, -0.05) is 44.2 Å². The number of carbonyl (C=O) groups is 1. The van der Waals surface area contributed by atoms with E-state index in [1.165, 1.54) is 22.8 Å². The summed E-state index contributed by atoms with van der Waals surface area (Å²) in [5.74, 6) is -0.702. The molecule has 1 unspecified atom stereocenters. The lowest BCUT2D eigenvalue weighted by Crippen LogP contribution is -2.34. The molecule has 0 aliphatic rings. The lowest BCUT2D eigenvalue weighted by Gasteiger charge is -2.21. The minimum absolute atomic E-state index is 0.0776. The standard InChI is InChI=1S/C20H21N3O5/c1-13(2)10-16(14-6-4-3-5-7-14)21-19(24)12-22-17-9-8-15(23(26)27)11-18(17)28-20(22)25/h3-9,11,13,16H,10,12H2,1-2H3,(H,21,24). The highest BCUT2D eigenvalue weighted by Crippen LogP contribution is 2.22. The van der Waals surface area contributed by atoms with Crippen LogP contribution in [-0.4, -0.2) is 15.4 Å². The highest BCUT2D eigenvalue weighted by Gasteiger charge is 2.19. The molecule has 1 amide bonds. The molecule has 1 N–H and O–H groups in total. The Kier molecular flexibility index (Phi) is 5.58. The molecule has 0 aliphatic carbocycles. The number of hydrogen-bond acceptors (Lipinski definition) is 5. The van der Waals surface area contributed by atoms with E-state index in [2.05, 4.69) is 19.2 Å². The van der Waals surface area contributed by atoms with Gasteiger partial charge in [-0.05, 0) is 24.0 Å². The van der Waals surface area contributed by atoms with Gasteiger partial charge in [-0.25, -0.2) is 4.79 Å². The number of hydrogen-bond donors (Lipinski definition) is 1. The van der Waals surface area contributed by atoms with E-state index in [0.29, 0.717) is 11.4 Å². The smallest absolute Gasteiger partial charge is 0.407 e. The number of carbonyl (C=O) groups excluding carboxylic acids is 1. The van der Waals surface area contributed by atoms with E-state index in [-0.39, 0.29) is 29.8 Å². The van der Waals surface area contributed by atoms with Crippen LogP contribution in [0.4, 0.5) is 5.69 Å². The van der Waals surface area contributed by atoms with Gasteiger partial charge in [0.2, 0.25) is 5.91 Å². The van der Waals surface area contributed by atoms with Crippen LogP contribution in [0, 0.1) is 16.0 Å². The van der Waals surface area contributed by atoms with Crippen molar-refractivity contribution < 1.29 is 14.1 Å². The summed E-state index contributed by atoms with van der Waals surface area (Å²) in [7, 11) is 0. The molecular weight excluding hydrogens is 362 g/mol. The lowest BCUT2D eigenvalue weighted by molar-refractivity contribution is -0.384. The van der Waals surface area contributed by atoms with Crippen molar-refractivity contribution in [3.63, 3.8) is 0 Å². The van der Waals surface area contributed by atoms with Crippen LogP contribution in [0.3, 0.4) is 0 Å². The normalized spacial score (nSPS) is 12.2. The van der Waals surface area contributed by atoms with Gasteiger partial charge < -0.3 is 9.73 Å². The summed E-state index contributed by atoms with van der Waals surface area (Å²) < 4.78 is 6.24. The lowest BCUT2D eigenvalue weighted by atomic mass is 9.97.